The van der Waals surface area contributed by atoms with Crippen LogP contribution in [-0.4, -0.2) is 38.3 Å². The summed E-state index contributed by atoms with van der Waals surface area (Å²) < 4.78 is 53.6. The van der Waals surface area contributed by atoms with E-state index in [-0.39, 0.29) is 34.4 Å². The Morgan fingerprint density at radius 2 is 1.77 bits per heavy atom. The van der Waals surface area contributed by atoms with Gasteiger partial charge in [-0.05, 0) is 54.3 Å². The minimum Gasteiger partial charge on any atom is -0.333 e. The average molecular weight is 572 g/mol. The van der Waals surface area contributed by atoms with E-state index in [0.717, 1.165) is 17.7 Å². The molecule has 0 bridgehead atoms. The first-order valence-corrected chi connectivity index (χ1v) is 12.6. The Morgan fingerprint density at radius 3 is 2.50 bits per heavy atom. The van der Waals surface area contributed by atoms with Crippen molar-refractivity contribution in [2.45, 2.75) is 32.5 Å². The van der Waals surface area contributed by atoms with Gasteiger partial charge in [-0.3, -0.25) is 9.59 Å². The number of carbonyl (C=O) groups is 2. The van der Waals surface area contributed by atoms with Crippen molar-refractivity contribution in [3.8, 4) is 5.69 Å². The van der Waals surface area contributed by atoms with Gasteiger partial charge in [0.25, 0.3) is 5.91 Å². The topological polar surface area (TPSA) is 80.1 Å². The highest BCUT2D eigenvalue weighted by Crippen LogP contribution is 2.35. The third-order valence-electron chi connectivity index (χ3n) is 6.61. The fraction of sp³-hybridized carbons (Fsp3) is 0.214. The second kappa shape index (κ2) is 10.7. The standard InChI is InChI=1S/C28H22ClF4N5O2/c1-16-25(36-38(35-16)19-7-3-2-4-8-19)27(40)37-13-12-20-18(15-37)10-11-22(29)26(20)34-23(39)14-17-6-5-9-21(24(17)30)28(31,32)33/h2-11H,12-15H2,1H3,(H,34,39). The molecule has 0 saturated carbocycles. The molecule has 0 saturated heterocycles. The molecule has 12 heteroatoms. The molecule has 40 heavy (non-hydrogen) atoms. The van der Waals surface area contributed by atoms with Gasteiger partial charge in [-0.25, -0.2) is 4.39 Å². The van der Waals surface area contributed by atoms with Crippen LogP contribution in [0.15, 0.2) is 60.7 Å². The molecule has 2 heterocycles. The van der Waals surface area contributed by atoms with Gasteiger partial charge in [-0.1, -0.05) is 48.0 Å². The lowest BCUT2D eigenvalue weighted by atomic mass is 9.97. The molecular weight excluding hydrogens is 550 g/mol. The predicted molar refractivity (Wildman–Crippen MR) is 140 cm³/mol. The molecule has 0 fully saturated rings. The summed E-state index contributed by atoms with van der Waals surface area (Å²) in [6.45, 7) is 2.22. The Hall–Kier alpha value is -4.25. The molecule has 0 radical (unpaired) electrons. The van der Waals surface area contributed by atoms with E-state index in [1.165, 1.54) is 4.80 Å². The number of anilines is 1. The van der Waals surface area contributed by atoms with Crippen LogP contribution in [0.1, 0.15) is 38.4 Å². The van der Waals surface area contributed by atoms with Crippen molar-refractivity contribution in [2.75, 3.05) is 11.9 Å². The lowest BCUT2D eigenvalue weighted by molar-refractivity contribution is -0.140. The van der Waals surface area contributed by atoms with Crippen molar-refractivity contribution in [1.82, 2.24) is 19.9 Å². The van der Waals surface area contributed by atoms with E-state index in [4.69, 9.17) is 11.6 Å². The van der Waals surface area contributed by atoms with E-state index in [1.807, 2.05) is 30.3 Å². The Bertz CT molecular complexity index is 1600. The number of fused-ring (bicyclic) bond motifs is 1. The molecule has 0 unspecified atom stereocenters. The summed E-state index contributed by atoms with van der Waals surface area (Å²) in [5, 5.41) is 11.6. The van der Waals surface area contributed by atoms with Crippen LogP contribution in [0, 0.1) is 12.7 Å². The number of nitrogens with zero attached hydrogens (tertiary/aromatic N) is 4. The van der Waals surface area contributed by atoms with Crippen LogP contribution >= 0.6 is 11.6 Å². The SMILES string of the molecule is Cc1nn(-c2ccccc2)nc1C(=O)N1CCc2c(ccc(Cl)c2NC(=O)Cc2cccc(C(F)(F)F)c2F)C1. The molecule has 1 aliphatic heterocycles. The van der Waals surface area contributed by atoms with Crippen LogP contribution in [0.25, 0.3) is 5.69 Å². The van der Waals surface area contributed by atoms with Gasteiger partial charge in [-0.2, -0.15) is 23.1 Å². The molecule has 2 amide bonds. The Morgan fingerprint density at radius 1 is 1.02 bits per heavy atom. The van der Waals surface area contributed by atoms with E-state index in [0.29, 0.717) is 36.0 Å². The van der Waals surface area contributed by atoms with E-state index >= 15 is 0 Å². The van der Waals surface area contributed by atoms with Gasteiger partial charge in [0.05, 0.1) is 34.1 Å². The molecule has 0 atom stereocenters. The molecule has 3 aromatic carbocycles. The first-order chi connectivity index (χ1) is 19.0. The van der Waals surface area contributed by atoms with Crippen LogP contribution in [0.5, 0.6) is 0 Å². The van der Waals surface area contributed by atoms with Crippen molar-refractivity contribution in [2.24, 2.45) is 0 Å². The van der Waals surface area contributed by atoms with Crippen LogP contribution < -0.4 is 5.32 Å². The second-order valence-electron chi connectivity index (χ2n) is 9.30. The number of amides is 2. The maximum absolute atomic E-state index is 14.4. The number of nitrogens with one attached hydrogen (secondary N) is 1. The zero-order valence-electron chi connectivity index (χ0n) is 21.1. The molecule has 4 aromatic rings. The number of hydrogen-bond acceptors (Lipinski definition) is 4. The fourth-order valence-corrected chi connectivity index (χ4v) is 4.86. The molecule has 1 aliphatic rings. The summed E-state index contributed by atoms with van der Waals surface area (Å²) in [4.78, 5) is 29.1. The Kier molecular flexibility index (Phi) is 7.33. The Labute approximate surface area is 231 Å². The second-order valence-corrected chi connectivity index (χ2v) is 9.70. The minimum atomic E-state index is -4.88. The molecule has 7 nitrogen and oxygen atoms in total. The third kappa shape index (κ3) is 5.42. The number of aryl methyl sites for hydroxylation is 1. The number of para-hydroxylation sites is 1. The summed E-state index contributed by atoms with van der Waals surface area (Å²) in [5.74, 6) is -2.51. The van der Waals surface area contributed by atoms with Crippen molar-refractivity contribution in [3.63, 3.8) is 0 Å². The minimum absolute atomic E-state index is 0.216. The number of rotatable bonds is 5. The van der Waals surface area contributed by atoms with E-state index in [9.17, 15) is 27.2 Å². The van der Waals surface area contributed by atoms with E-state index in [2.05, 4.69) is 15.5 Å². The van der Waals surface area contributed by atoms with Crippen LogP contribution in [0.3, 0.4) is 0 Å². The smallest absolute Gasteiger partial charge is 0.333 e. The van der Waals surface area contributed by atoms with Crippen molar-refractivity contribution in [3.05, 3.63) is 105 Å². The molecule has 1 N–H and O–H groups in total. The molecule has 0 spiro atoms. The molecular formula is C28H22ClF4N5O2. The molecule has 206 valence electrons. The predicted octanol–water partition coefficient (Wildman–Crippen LogP) is 5.77. The van der Waals surface area contributed by atoms with Gasteiger partial charge in [0, 0.05) is 13.1 Å². The Balaban J connectivity index is 1.33. The summed E-state index contributed by atoms with van der Waals surface area (Å²) in [7, 11) is 0. The van der Waals surface area contributed by atoms with Crippen LogP contribution in [0.2, 0.25) is 5.02 Å². The first-order valence-electron chi connectivity index (χ1n) is 12.3. The quantitative estimate of drug-likeness (QED) is 0.309. The van der Waals surface area contributed by atoms with Crippen LogP contribution in [0.4, 0.5) is 23.2 Å². The van der Waals surface area contributed by atoms with Gasteiger partial charge < -0.3 is 10.2 Å². The summed E-state index contributed by atoms with van der Waals surface area (Å²) in [5.41, 5.74) is 1.31. The maximum Gasteiger partial charge on any atom is 0.419 e. The highest BCUT2D eigenvalue weighted by Gasteiger charge is 2.35. The first kappa shape index (κ1) is 27.3. The molecule has 0 aliphatic carbocycles. The third-order valence-corrected chi connectivity index (χ3v) is 6.93. The lowest BCUT2D eigenvalue weighted by Gasteiger charge is -2.30. The van der Waals surface area contributed by atoms with Gasteiger partial charge >= 0.3 is 6.18 Å². The number of hydrogen-bond donors (Lipinski definition) is 1. The normalized spacial score (nSPS) is 13.2. The van der Waals surface area contributed by atoms with E-state index in [1.54, 1.807) is 24.0 Å². The van der Waals surface area contributed by atoms with Gasteiger partial charge in [0.15, 0.2) is 5.69 Å². The molecule has 1 aromatic heterocycles. The van der Waals surface area contributed by atoms with Gasteiger partial charge in [0.1, 0.15) is 5.82 Å². The summed E-state index contributed by atoms with van der Waals surface area (Å²) in [6, 6.07) is 15.3. The number of alkyl halides is 3. The number of benzene rings is 3. The highest BCUT2D eigenvalue weighted by molar-refractivity contribution is 6.34. The highest BCUT2D eigenvalue weighted by atomic mass is 35.5. The summed E-state index contributed by atoms with van der Waals surface area (Å²) >= 11 is 6.36. The number of halogens is 5. The maximum atomic E-state index is 14.4. The average Bonchev–Trinajstić information content (AvgIpc) is 3.32. The summed E-state index contributed by atoms with van der Waals surface area (Å²) in [6.07, 6.45) is -5.15. The van der Waals surface area contributed by atoms with Gasteiger partial charge in [-0.15, -0.1) is 5.10 Å². The van der Waals surface area contributed by atoms with Gasteiger partial charge in [0.2, 0.25) is 5.91 Å². The molecule has 5 rings (SSSR count). The van der Waals surface area contributed by atoms with Crippen molar-refractivity contribution >= 4 is 29.1 Å². The zero-order chi connectivity index (χ0) is 28.6. The largest absolute Gasteiger partial charge is 0.419 e. The number of aromatic nitrogens is 3. The lowest BCUT2D eigenvalue weighted by Crippen LogP contribution is -2.37. The zero-order valence-corrected chi connectivity index (χ0v) is 21.9. The fourth-order valence-electron chi connectivity index (χ4n) is 4.63. The number of carbonyl (C=O) groups excluding carboxylic acids is 2. The van der Waals surface area contributed by atoms with Crippen molar-refractivity contribution in [1.29, 1.82) is 0 Å². The monoisotopic (exact) mass is 571 g/mol. The van der Waals surface area contributed by atoms with E-state index < -0.39 is 29.9 Å². The van der Waals surface area contributed by atoms with Crippen LogP contribution in [-0.2, 0) is 30.4 Å². The van der Waals surface area contributed by atoms with Crippen molar-refractivity contribution < 1.29 is 27.2 Å².